The third-order valence-electron chi connectivity index (χ3n) is 3.55. The van der Waals surface area contributed by atoms with E-state index in [0.29, 0.717) is 30.5 Å². The SMILES string of the molecule is COC1(C(=O)Cc2ccc(F)c(Br)c2)CCOCC1. The van der Waals surface area contributed by atoms with Crippen LogP contribution >= 0.6 is 15.9 Å². The average molecular weight is 331 g/mol. The largest absolute Gasteiger partial charge is 0.381 e. The molecule has 2 rings (SSSR count). The van der Waals surface area contributed by atoms with Crippen LogP contribution in [0.1, 0.15) is 18.4 Å². The van der Waals surface area contributed by atoms with Crippen LogP contribution in [0.5, 0.6) is 0 Å². The van der Waals surface area contributed by atoms with Gasteiger partial charge in [0.15, 0.2) is 5.78 Å². The fourth-order valence-electron chi connectivity index (χ4n) is 2.29. The molecule has 0 aromatic heterocycles. The molecule has 104 valence electrons. The number of ether oxygens (including phenoxy) is 2. The van der Waals surface area contributed by atoms with Crippen molar-refractivity contribution in [2.45, 2.75) is 24.9 Å². The standard InChI is InChI=1S/C14H16BrFO3/c1-18-14(4-6-19-7-5-14)13(17)9-10-2-3-12(16)11(15)8-10/h2-3,8H,4-7,9H2,1H3. The van der Waals surface area contributed by atoms with E-state index in [0.717, 1.165) is 5.56 Å². The van der Waals surface area contributed by atoms with Crippen LogP contribution in [0.2, 0.25) is 0 Å². The highest BCUT2D eigenvalue weighted by Gasteiger charge is 2.39. The summed E-state index contributed by atoms with van der Waals surface area (Å²) in [6.45, 7) is 1.07. The molecule has 1 aliphatic rings. The number of carbonyl (C=O) groups excluding carboxylic acids is 1. The molecule has 1 aromatic carbocycles. The Balaban J connectivity index is 2.12. The van der Waals surface area contributed by atoms with Gasteiger partial charge >= 0.3 is 0 Å². The van der Waals surface area contributed by atoms with E-state index in [9.17, 15) is 9.18 Å². The van der Waals surface area contributed by atoms with Gasteiger partial charge in [-0.25, -0.2) is 4.39 Å². The van der Waals surface area contributed by atoms with Crippen LogP contribution in [0, 0.1) is 5.82 Å². The quantitative estimate of drug-likeness (QED) is 0.851. The number of halogens is 2. The Morgan fingerprint density at radius 3 is 2.74 bits per heavy atom. The van der Waals surface area contributed by atoms with Crippen LogP contribution in [0.3, 0.4) is 0 Å². The molecule has 0 radical (unpaired) electrons. The molecular formula is C14H16BrFO3. The van der Waals surface area contributed by atoms with E-state index in [-0.39, 0.29) is 18.0 Å². The highest BCUT2D eigenvalue weighted by Crippen LogP contribution is 2.27. The predicted octanol–water partition coefficient (Wildman–Crippen LogP) is 2.90. The van der Waals surface area contributed by atoms with Gasteiger partial charge in [-0.05, 0) is 33.6 Å². The number of carbonyl (C=O) groups is 1. The van der Waals surface area contributed by atoms with Gasteiger partial charge in [-0.15, -0.1) is 0 Å². The zero-order valence-corrected chi connectivity index (χ0v) is 12.3. The second-order valence-electron chi connectivity index (χ2n) is 4.66. The van der Waals surface area contributed by atoms with E-state index in [2.05, 4.69) is 15.9 Å². The lowest BCUT2D eigenvalue weighted by molar-refractivity contribution is -0.151. The first-order valence-electron chi connectivity index (χ1n) is 6.17. The maximum Gasteiger partial charge on any atom is 0.169 e. The highest BCUT2D eigenvalue weighted by atomic mass is 79.9. The molecule has 5 heteroatoms. The fraction of sp³-hybridized carbons (Fsp3) is 0.500. The molecule has 0 unspecified atom stereocenters. The highest BCUT2D eigenvalue weighted by molar-refractivity contribution is 9.10. The molecule has 0 aliphatic carbocycles. The Morgan fingerprint density at radius 1 is 1.47 bits per heavy atom. The van der Waals surface area contributed by atoms with Gasteiger partial charge in [0.2, 0.25) is 0 Å². The summed E-state index contributed by atoms with van der Waals surface area (Å²) in [5.74, 6) is -0.305. The molecule has 0 saturated carbocycles. The van der Waals surface area contributed by atoms with Crippen molar-refractivity contribution in [1.82, 2.24) is 0 Å². The molecule has 1 heterocycles. The number of methoxy groups -OCH3 is 1. The molecule has 0 atom stereocenters. The minimum atomic E-state index is -0.751. The maximum absolute atomic E-state index is 13.2. The molecule has 1 aromatic rings. The average Bonchev–Trinajstić information content (AvgIpc) is 2.43. The molecule has 0 spiro atoms. The second kappa shape index (κ2) is 6.11. The number of rotatable bonds is 4. The third-order valence-corrected chi connectivity index (χ3v) is 4.16. The van der Waals surface area contributed by atoms with Gasteiger partial charge in [0, 0.05) is 39.6 Å². The van der Waals surface area contributed by atoms with E-state index >= 15 is 0 Å². The van der Waals surface area contributed by atoms with Gasteiger partial charge in [-0.3, -0.25) is 4.79 Å². The van der Waals surface area contributed by atoms with E-state index in [1.54, 1.807) is 19.2 Å². The Bertz CT molecular complexity index is 470. The number of Topliss-reactive ketones (excluding diaryl/α,β-unsaturated/α-hetero) is 1. The topological polar surface area (TPSA) is 35.5 Å². The van der Waals surface area contributed by atoms with Crippen LogP contribution in [0.25, 0.3) is 0 Å². The molecule has 19 heavy (non-hydrogen) atoms. The summed E-state index contributed by atoms with van der Waals surface area (Å²) in [7, 11) is 1.56. The van der Waals surface area contributed by atoms with Crippen molar-refractivity contribution < 1.29 is 18.7 Å². The lowest BCUT2D eigenvalue weighted by Gasteiger charge is -2.34. The van der Waals surface area contributed by atoms with E-state index in [1.165, 1.54) is 6.07 Å². The number of benzene rings is 1. The van der Waals surface area contributed by atoms with Crippen molar-refractivity contribution in [2.75, 3.05) is 20.3 Å². The first kappa shape index (κ1) is 14.6. The monoisotopic (exact) mass is 330 g/mol. The van der Waals surface area contributed by atoms with E-state index in [1.807, 2.05) is 0 Å². The van der Waals surface area contributed by atoms with E-state index in [4.69, 9.17) is 9.47 Å². The molecule has 1 fully saturated rings. The van der Waals surface area contributed by atoms with Crippen molar-refractivity contribution >= 4 is 21.7 Å². The van der Waals surface area contributed by atoms with Crippen LogP contribution < -0.4 is 0 Å². The number of hydrogen-bond donors (Lipinski definition) is 0. The van der Waals surface area contributed by atoms with Crippen LogP contribution in [-0.4, -0.2) is 31.7 Å². The van der Waals surface area contributed by atoms with Gasteiger partial charge in [0.1, 0.15) is 11.4 Å². The molecule has 0 amide bonds. The molecule has 0 N–H and O–H groups in total. The van der Waals surface area contributed by atoms with Crippen LogP contribution in [0.4, 0.5) is 4.39 Å². The van der Waals surface area contributed by atoms with Crippen LogP contribution in [-0.2, 0) is 20.7 Å². The lowest BCUT2D eigenvalue weighted by Crippen LogP contribution is -2.46. The lowest BCUT2D eigenvalue weighted by atomic mass is 9.86. The van der Waals surface area contributed by atoms with Crippen molar-refractivity contribution in [3.63, 3.8) is 0 Å². The van der Waals surface area contributed by atoms with Crippen LogP contribution in [0.15, 0.2) is 22.7 Å². The number of ketones is 1. The van der Waals surface area contributed by atoms with Gasteiger partial charge in [0.05, 0.1) is 4.47 Å². The zero-order chi connectivity index (χ0) is 13.9. The first-order valence-corrected chi connectivity index (χ1v) is 6.97. The molecule has 1 saturated heterocycles. The predicted molar refractivity (Wildman–Crippen MR) is 72.6 cm³/mol. The van der Waals surface area contributed by atoms with Gasteiger partial charge < -0.3 is 9.47 Å². The normalized spacial score (nSPS) is 18.3. The summed E-state index contributed by atoms with van der Waals surface area (Å²) >= 11 is 3.12. The molecule has 3 nitrogen and oxygen atoms in total. The fourth-order valence-corrected chi connectivity index (χ4v) is 2.72. The summed E-state index contributed by atoms with van der Waals surface area (Å²) in [5, 5.41) is 0. The summed E-state index contributed by atoms with van der Waals surface area (Å²) in [6, 6.07) is 4.62. The van der Waals surface area contributed by atoms with Crippen molar-refractivity contribution in [2.24, 2.45) is 0 Å². The summed E-state index contributed by atoms with van der Waals surface area (Å²) in [5.41, 5.74) is 0.0280. The summed E-state index contributed by atoms with van der Waals surface area (Å²) < 4.78 is 24.3. The maximum atomic E-state index is 13.2. The second-order valence-corrected chi connectivity index (χ2v) is 5.51. The Kier molecular flexibility index (Phi) is 4.71. The third kappa shape index (κ3) is 3.22. The first-order chi connectivity index (χ1) is 9.07. The molecular weight excluding hydrogens is 315 g/mol. The number of hydrogen-bond acceptors (Lipinski definition) is 3. The van der Waals surface area contributed by atoms with Crippen molar-refractivity contribution in [1.29, 1.82) is 0 Å². The Hall–Kier alpha value is -0.780. The van der Waals surface area contributed by atoms with E-state index < -0.39 is 5.60 Å². The molecule has 0 bridgehead atoms. The smallest absolute Gasteiger partial charge is 0.169 e. The Labute approximate surface area is 120 Å². The van der Waals surface area contributed by atoms with Crippen molar-refractivity contribution in [3.05, 3.63) is 34.1 Å². The summed E-state index contributed by atoms with van der Waals surface area (Å²) in [6.07, 6.45) is 1.39. The van der Waals surface area contributed by atoms with Gasteiger partial charge in [0.25, 0.3) is 0 Å². The molecule has 1 aliphatic heterocycles. The minimum absolute atomic E-state index is 0.0248. The van der Waals surface area contributed by atoms with Gasteiger partial charge in [-0.2, -0.15) is 0 Å². The summed E-state index contributed by atoms with van der Waals surface area (Å²) in [4.78, 5) is 12.4. The zero-order valence-electron chi connectivity index (χ0n) is 10.7. The minimum Gasteiger partial charge on any atom is -0.381 e. The Morgan fingerprint density at radius 2 is 2.16 bits per heavy atom. The van der Waals surface area contributed by atoms with Gasteiger partial charge in [-0.1, -0.05) is 6.07 Å². The van der Waals surface area contributed by atoms with Crippen molar-refractivity contribution in [3.8, 4) is 0 Å².